The highest BCUT2D eigenvalue weighted by atomic mass is 15.4. The molecule has 2 N–H and O–H groups in total. The molecule has 0 amide bonds. The van der Waals surface area contributed by atoms with Crippen molar-refractivity contribution in [3.05, 3.63) is 6.20 Å². The van der Waals surface area contributed by atoms with Gasteiger partial charge in [0.2, 0.25) is 0 Å². The van der Waals surface area contributed by atoms with E-state index in [4.69, 9.17) is 5.73 Å². The number of hydrogen-bond acceptors (Lipinski definition) is 4. The summed E-state index contributed by atoms with van der Waals surface area (Å²) in [6, 6.07) is 0.698. The van der Waals surface area contributed by atoms with Crippen LogP contribution >= 0.6 is 0 Å². The molecular formula is C10H19N5. The lowest BCUT2D eigenvalue weighted by Crippen LogP contribution is -2.36. The van der Waals surface area contributed by atoms with Crippen LogP contribution in [0.4, 0.5) is 5.82 Å². The van der Waals surface area contributed by atoms with Gasteiger partial charge >= 0.3 is 0 Å². The van der Waals surface area contributed by atoms with Gasteiger partial charge in [-0.05, 0) is 32.9 Å². The lowest BCUT2D eigenvalue weighted by Gasteiger charge is -2.32. The largest absolute Gasteiger partial charge is 0.381 e. The maximum absolute atomic E-state index is 5.51. The molecule has 15 heavy (non-hydrogen) atoms. The Bertz CT molecular complexity index is 309. The number of anilines is 1. The average molecular weight is 209 g/mol. The fourth-order valence-corrected chi connectivity index (χ4v) is 2.21. The van der Waals surface area contributed by atoms with E-state index in [0.29, 0.717) is 11.9 Å². The number of piperidine rings is 1. The van der Waals surface area contributed by atoms with Crippen molar-refractivity contribution in [3.63, 3.8) is 0 Å². The van der Waals surface area contributed by atoms with E-state index in [9.17, 15) is 0 Å². The third kappa shape index (κ3) is 2.68. The lowest BCUT2D eigenvalue weighted by atomic mass is 10.0. The Morgan fingerprint density at radius 1 is 1.53 bits per heavy atom. The minimum atomic E-state index is 0.506. The number of nitrogen functional groups attached to an aromatic ring is 1. The number of aryl methyl sites for hydroxylation is 1. The SMILES string of the molecule is CN1CCCCC1CCn1cc(N)nn1. The molecule has 0 saturated carbocycles. The monoisotopic (exact) mass is 209 g/mol. The molecule has 5 heteroatoms. The van der Waals surface area contributed by atoms with E-state index in [1.165, 1.54) is 25.8 Å². The molecule has 0 radical (unpaired) electrons. The number of nitrogens with zero attached hydrogens (tertiary/aromatic N) is 4. The summed E-state index contributed by atoms with van der Waals surface area (Å²) in [6.45, 7) is 2.14. The van der Waals surface area contributed by atoms with Crippen molar-refractivity contribution in [1.82, 2.24) is 19.9 Å². The Morgan fingerprint density at radius 2 is 2.40 bits per heavy atom. The first-order valence-corrected chi connectivity index (χ1v) is 5.61. The van der Waals surface area contributed by atoms with Gasteiger partial charge in [-0.15, -0.1) is 5.10 Å². The van der Waals surface area contributed by atoms with Gasteiger partial charge in [-0.2, -0.15) is 0 Å². The normalized spacial score (nSPS) is 23.1. The van der Waals surface area contributed by atoms with Gasteiger partial charge in [0, 0.05) is 12.6 Å². The van der Waals surface area contributed by atoms with Gasteiger partial charge in [-0.3, -0.25) is 4.68 Å². The lowest BCUT2D eigenvalue weighted by molar-refractivity contribution is 0.169. The van der Waals surface area contributed by atoms with Crippen molar-refractivity contribution in [3.8, 4) is 0 Å². The third-order valence-corrected chi connectivity index (χ3v) is 3.17. The Balaban J connectivity index is 1.81. The van der Waals surface area contributed by atoms with Crippen molar-refractivity contribution >= 4 is 5.82 Å². The number of nitrogens with two attached hydrogens (primary N) is 1. The molecule has 84 valence electrons. The maximum atomic E-state index is 5.51. The van der Waals surface area contributed by atoms with Crippen molar-refractivity contribution in [2.75, 3.05) is 19.3 Å². The van der Waals surface area contributed by atoms with Crippen molar-refractivity contribution < 1.29 is 0 Å². The molecule has 0 aromatic carbocycles. The Labute approximate surface area is 90.2 Å². The van der Waals surface area contributed by atoms with Crippen molar-refractivity contribution in [1.29, 1.82) is 0 Å². The van der Waals surface area contributed by atoms with Crippen LogP contribution in [0, 0.1) is 0 Å². The van der Waals surface area contributed by atoms with Crippen molar-refractivity contribution in [2.24, 2.45) is 0 Å². The first-order valence-electron chi connectivity index (χ1n) is 5.61. The predicted octanol–water partition coefficient (Wildman–Crippen LogP) is 0.735. The van der Waals surface area contributed by atoms with E-state index in [-0.39, 0.29) is 0 Å². The average Bonchev–Trinajstić information content (AvgIpc) is 2.63. The smallest absolute Gasteiger partial charge is 0.165 e. The van der Waals surface area contributed by atoms with Gasteiger partial charge in [-0.25, -0.2) is 0 Å². The summed E-state index contributed by atoms with van der Waals surface area (Å²) >= 11 is 0. The maximum Gasteiger partial charge on any atom is 0.165 e. The molecule has 2 heterocycles. The molecule has 1 saturated heterocycles. The highest BCUT2D eigenvalue weighted by Crippen LogP contribution is 2.18. The third-order valence-electron chi connectivity index (χ3n) is 3.17. The van der Waals surface area contributed by atoms with Gasteiger partial charge in [0.1, 0.15) is 0 Å². The van der Waals surface area contributed by atoms with E-state index in [1.807, 2.05) is 4.68 Å². The van der Waals surface area contributed by atoms with E-state index >= 15 is 0 Å². The number of aromatic nitrogens is 3. The van der Waals surface area contributed by atoms with Gasteiger partial charge in [-0.1, -0.05) is 11.6 Å². The number of likely N-dealkylation sites (tertiary alicyclic amines) is 1. The molecule has 0 spiro atoms. The first kappa shape index (κ1) is 10.4. The van der Waals surface area contributed by atoms with Crippen LogP contribution in [0.15, 0.2) is 6.20 Å². The summed E-state index contributed by atoms with van der Waals surface area (Å²) in [7, 11) is 2.21. The molecule has 0 bridgehead atoms. The second kappa shape index (κ2) is 4.61. The number of rotatable bonds is 3. The van der Waals surface area contributed by atoms with Crippen LogP contribution in [0.5, 0.6) is 0 Å². The van der Waals surface area contributed by atoms with Crippen molar-refractivity contribution in [2.45, 2.75) is 38.3 Å². The van der Waals surface area contributed by atoms with Crippen LogP contribution in [-0.2, 0) is 6.54 Å². The second-order valence-corrected chi connectivity index (χ2v) is 4.33. The summed E-state index contributed by atoms with van der Waals surface area (Å²) in [6.07, 6.45) is 6.93. The molecule has 1 fully saturated rings. The molecule has 1 aromatic heterocycles. The molecule has 2 rings (SSSR count). The zero-order valence-electron chi connectivity index (χ0n) is 9.26. The highest BCUT2D eigenvalue weighted by Gasteiger charge is 2.18. The fraction of sp³-hybridized carbons (Fsp3) is 0.800. The Kier molecular flexibility index (Phi) is 3.20. The quantitative estimate of drug-likeness (QED) is 0.797. The summed E-state index contributed by atoms with van der Waals surface area (Å²) < 4.78 is 1.83. The summed E-state index contributed by atoms with van der Waals surface area (Å²) in [4.78, 5) is 2.45. The van der Waals surface area contributed by atoms with Gasteiger partial charge in [0.15, 0.2) is 5.82 Å². The molecule has 0 aliphatic carbocycles. The van der Waals surface area contributed by atoms with Gasteiger partial charge < -0.3 is 10.6 Å². The summed E-state index contributed by atoms with van der Waals surface area (Å²) in [5.74, 6) is 0.506. The van der Waals surface area contributed by atoms with Crippen LogP contribution in [0.2, 0.25) is 0 Å². The van der Waals surface area contributed by atoms with Crippen LogP contribution in [0.3, 0.4) is 0 Å². The van der Waals surface area contributed by atoms with E-state index in [0.717, 1.165) is 13.0 Å². The van der Waals surface area contributed by atoms with Crippen LogP contribution in [-0.4, -0.2) is 39.5 Å². The zero-order valence-corrected chi connectivity index (χ0v) is 9.26. The molecule has 1 aromatic rings. The fourth-order valence-electron chi connectivity index (χ4n) is 2.21. The highest BCUT2D eigenvalue weighted by molar-refractivity contribution is 5.19. The molecule has 1 aliphatic rings. The Hall–Kier alpha value is -1.10. The molecule has 1 aliphatic heterocycles. The topological polar surface area (TPSA) is 60.0 Å². The van der Waals surface area contributed by atoms with Crippen LogP contribution in [0.1, 0.15) is 25.7 Å². The van der Waals surface area contributed by atoms with Gasteiger partial charge in [0.25, 0.3) is 0 Å². The van der Waals surface area contributed by atoms with Gasteiger partial charge in [0.05, 0.1) is 6.20 Å². The summed E-state index contributed by atoms with van der Waals surface area (Å²) in [5, 5.41) is 7.72. The zero-order chi connectivity index (χ0) is 10.7. The molecule has 5 nitrogen and oxygen atoms in total. The predicted molar refractivity (Wildman–Crippen MR) is 59.3 cm³/mol. The molecule has 1 atom stereocenters. The minimum absolute atomic E-state index is 0.506. The Morgan fingerprint density at radius 3 is 3.07 bits per heavy atom. The standard InChI is InChI=1S/C10H19N5/c1-14-6-3-2-4-9(14)5-7-15-8-10(11)12-13-15/h8-9H,2-7,11H2,1H3. The van der Waals surface area contributed by atoms with E-state index in [1.54, 1.807) is 6.20 Å². The van der Waals surface area contributed by atoms with E-state index in [2.05, 4.69) is 22.3 Å². The van der Waals surface area contributed by atoms with Crippen LogP contribution < -0.4 is 5.73 Å². The summed E-state index contributed by atoms with van der Waals surface area (Å²) in [5.41, 5.74) is 5.51. The molecular weight excluding hydrogens is 190 g/mol. The second-order valence-electron chi connectivity index (χ2n) is 4.33. The van der Waals surface area contributed by atoms with Crippen LogP contribution in [0.25, 0.3) is 0 Å². The molecule has 1 unspecified atom stereocenters. The first-order chi connectivity index (χ1) is 7.25. The number of hydrogen-bond donors (Lipinski definition) is 1. The van der Waals surface area contributed by atoms with E-state index < -0.39 is 0 Å². The minimum Gasteiger partial charge on any atom is -0.381 e.